The van der Waals surface area contributed by atoms with Gasteiger partial charge in [-0.25, -0.2) is 0 Å². The summed E-state index contributed by atoms with van der Waals surface area (Å²) in [5.41, 5.74) is 2.67. The van der Waals surface area contributed by atoms with E-state index in [1.54, 1.807) is 0 Å². The summed E-state index contributed by atoms with van der Waals surface area (Å²) in [5.74, 6) is 1.72. The molecular weight excluding hydrogens is 360 g/mol. The van der Waals surface area contributed by atoms with Crippen molar-refractivity contribution >= 4 is 5.96 Å². The highest BCUT2D eigenvalue weighted by Gasteiger charge is 2.25. The van der Waals surface area contributed by atoms with Crippen molar-refractivity contribution in [2.45, 2.75) is 39.3 Å². The van der Waals surface area contributed by atoms with Crippen molar-refractivity contribution in [1.29, 1.82) is 0 Å². The number of aryl methyl sites for hydroxylation is 1. The van der Waals surface area contributed by atoms with Crippen LogP contribution in [0.5, 0.6) is 0 Å². The van der Waals surface area contributed by atoms with Gasteiger partial charge in [0.15, 0.2) is 5.96 Å². The standard InChI is InChI=1S/C23H36N6/c1-5-24-23(25-14-19(2)27(3)16-20-9-7-6-8-10-20)29-12-11-21(18-29)13-22-15-26-28(4)17-22/h6-10,15,17,19,21H,5,11-14,16,18H2,1-4H3,(H,24,25). The summed E-state index contributed by atoms with van der Waals surface area (Å²) in [6, 6.07) is 11.0. The highest BCUT2D eigenvalue weighted by Crippen LogP contribution is 2.21. The van der Waals surface area contributed by atoms with Crippen LogP contribution in [-0.4, -0.2) is 64.8 Å². The Balaban J connectivity index is 1.53. The zero-order valence-electron chi connectivity index (χ0n) is 18.4. The fourth-order valence-corrected chi connectivity index (χ4v) is 3.91. The number of hydrogen-bond acceptors (Lipinski definition) is 3. The van der Waals surface area contributed by atoms with Crippen LogP contribution in [0.15, 0.2) is 47.7 Å². The Morgan fingerprint density at radius 1 is 1.31 bits per heavy atom. The number of benzene rings is 1. The molecule has 0 bridgehead atoms. The second-order valence-electron chi connectivity index (χ2n) is 8.27. The maximum absolute atomic E-state index is 4.98. The van der Waals surface area contributed by atoms with Gasteiger partial charge in [-0.15, -0.1) is 0 Å². The summed E-state index contributed by atoms with van der Waals surface area (Å²) < 4.78 is 1.89. The fourth-order valence-electron chi connectivity index (χ4n) is 3.91. The Morgan fingerprint density at radius 2 is 2.10 bits per heavy atom. The first kappa shape index (κ1) is 21.4. The minimum Gasteiger partial charge on any atom is -0.357 e. The monoisotopic (exact) mass is 396 g/mol. The third-order valence-corrected chi connectivity index (χ3v) is 5.74. The van der Waals surface area contributed by atoms with Crippen LogP contribution in [0.1, 0.15) is 31.4 Å². The van der Waals surface area contributed by atoms with Gasteiger partial charge in [-0.3, -0.25) is 14.6 Å². The molecule has 2 aromatic rings. The average Bonchev–Trinajstić information content (AvgIpc) is 3.34. The van der Waals surface area contributed by atoms with Gasteiger partial charge in [0.2, 0.25) is 0 Å². The van der Waals surface area contributed by atoms with Crippen molar-refractivity contribution < 1.29 is 0 Å². The van der Waals surface area contributed by atoms with Crippen LogP contribution in [0.4, 0.5) is 0 Å². The van der Waals surface area contributed by atoms with Crippen LogP contribution in [0, 0.1) is 5.92 Å². The molecule has 2 heterocycles. The molecule has 158 valence electrons. The van der Waals surface area contributed by atoms with Crippen LogP contribution in [0.3, 0.4) is 0 Å². The fraction of sp³-hybridized carbons (Fsp3) is 0.565. The molecule has 6 nitrogen and oxygen atoms in total. The predicted molar refractivity (Wildman–Crippen MR) is 120 cm³/mol. The Labute approximate surface area is 175 Å². The Hall–Kier alpha value is -2.34. The molecule has 1 aliphatic heterocycles. The highest BCUT2D eigenvalue weighted by atomic mass is 15.3. The summed E-state index contributed by atoms with van der Waals surface area (Å²) >= 11 is 0. The largest absolute Gasteiger partial charge is 0.357 e. The van der Waals surface area contributed by atoms with Crippen molar-refractivity contribution in [3.8, 4) is 0 Å². The summed E-state index contributed by atoms with van der Waals surface area (Å²) in [6.07, 6.45) is 6.43. The lowest BCUT2D eigenvalue weighted by Crippen LogP contribution is -2.41. The molecule has 6 heteroatoms. The lowest BCUT2D eigenvalue weighted by molar-refractivity contribution is 0.254. The van der Waals surface area contributed by atoms with Crippen molar-refractivity contribution in [2.24, 2.45) is 18.0 Å². The van der Waals surface area contributed by atoms with Crippen LogP contribution < -0.4 is 5.32 Å². The van der Waals surface area contributed by atoms with Gasteiger partial charge in [0.1, 0.15) is 0 Å². The number of nitrogens with one attached hydrogen (secondary N) is 1. The molecule has 1 fully saturated rings. The van der Waals surface area contributed by atoms with E-state index >= 15 is 0 Å². The molecule has 0 saturated carbocycles. The van der Waals surface area contributed by atoms with E-state index in [0.29, 0.717) is 12.0 Å². The van der Waals surface area contributed by atoms with Gasteiger partial charge in [0, 0.05) is 45.5 Å². The molecular formula is C23H36N6. The number of rotatable bonds is 8. The number of nitrogens with zero attached hydrogens (tertiary/aromatic N) is 5. The van der Waals surface area contributed by atoms with Gasteiger partial charge in [0.25, 0.3) is 0 Å². The lowest BCUT2D eigenvalue weighted by Gasteiger charge is -2.26. The first-order valence-corrected chi connectivity index (χ1v) is 10.8. The van der Waals surface area contributed by atoms with E-state index in [0.717, 1.165) is 45.1 Å². The van der Waals surface area contributed by atoms with Gasteiger partial charge < -0.3 is 10.2 Å². The molecule has 1 aromatic heterocycles. The van der Waals surface area contributed by atoms with E-state index in [1.807, 2.05) is 17.9 Å². The molecule has 29 heavy (non-hydrogen) atoms. The van der Waals surface area contributed by atoms with Gasteiger partial charge in [0.05, 0.1) is 12.7 Å². The number of guanidine groups is 1. The van der Waals surface area contributed by atoms with Gasteiger partial charge in [-0.2, -0.15) is 5.10 Å². The molecule has 0 radical (unpaired) electrons. The Kier molecular flexibility index (Phi) is 7.69. The van der Waals surface area contributed by atoms with Crippen molar-refractivity contribution in [3.63, 3.8) is 0 Å². The van der Waals surface area contributed by atoms with E-state index in [4.69, 9.17) is 4.99 Å². The van der Waals surface area contributed by atoms with Gasteiger partial charge >= 0.3 is 0 Å². The number of hydrogen-bond donors (Lipinski definition) is 1. The normalized spacial score (nSPS) is 18.4. The van der Waals surface area contributed by atoms with E-state index in [2.05, 4.69) is 77.6 Å². The van der Waals surface area contributed by atoms with E-state index < -0.39 is 0 Å². The minimum atomic E-state index is 0.387. The van der Waals surface area contributed by atoms with Crippen LogP contribution in [0.2, 0.25) is 0 Å². The summed E-state index contributed by atoms with van der Waals surface area (Å²) in [6.45, 7) is 9.19. The first-order valence-electron chi connectivity index (χ1n) is 10.8. The molecule has 0 spiro atoms. The molecule has 0 amide bonds. The quantitative estimate of drug-likeness (QED) is 0.551. The number of aromatic nitrogens is 2. The maximum atomic E-state index is 4.98. The molecule has 2 atom stereocenters. The van der Waals surface area contributed by atoms with Crippen molar-refractivity contribution in [1.82, 2.24) is 24.9 Å². The van der Waals surface area contributed by atoms with E-state index in [-0.39, 0.29) is 0 Å². The minimum absolute atomic E-state index is 0.387. The van der Waals surface area contributed by atoms with E-state index in [1.165, 1.54) is 17.5 Å². The smallest absolute Gasteiger partial charge is 0.193 e. The third-order valence-electron chi connectivity index (χ3n) is 5.74. The van der Waals surface area contributed by atoms with Gasteiger partial charge in [-0.05, 0) is 50.8 Å². The lowest BCUT2D eigenvalue weighted by atomic mass is 10.0. The molecule has 2 unspecified atom stereocenters. The summed E-state index contributed by atoms with van der Waals surface area (Å²) in [7, 11) is 4.16. The topological polar surface area (TPSA) is 48.7 Å². The van der Waals surface area contributed by atoms with Crippen molar-refractivity contribution in [2.75, 3.05) is 33.2 Å². The van der Waals surface area contributed by atoms with Crippen molar-refractivity contribution in [3.05, 3.63) is 53.9 Å². The third kappa shape index (κ3) is 6.32. The predicted octanol–water partition coefficient (Wildman–Crippen LogP) is 2.77. The number of likely N-dealkylation sites (N-methyl/N-ethyl adjacent to an activating group) is 1. The zero-order chi connectivity index (χ0) is 20.6. The molecule has 1 saturated heterocycles. The Bertz CT molecular complexity index is 769. The summed E-state index contributed by atoms with van der Waals surface area (Å²) in [5, 5.41) is 7.80. The number of likely N-dealkylation sites (tertiary alicyclic amines) is 1. The summed E-state index contributed by atoms with van der Waals surface area (Å²) in [4.78, 5) is 9.77. The Morgan fingerprint density at radius 3 is 2.79 bits per heavy atom. The molecule has 1 N–H and O–H groups in total. The molecule has 0 aliphatic carbocycles. The molecule has 1 aliphatic rings. The van der Waals surface area contributed by atoms with Crippen LogP contribution in [-0.2, 0) is 20.0 Å². The molecule has 3 rings (SSSR count). The van der Waals surface area contributed by atoms with Crippen LogP contribution in [0.25, 0.3) is 0 Å². The van der Waals surface area contributed by atoms with Crippen LogP contribution >= 0.6 is 0 Å². The second-order valence-corrected chi connectivity index (χ2v) is 8.27. The van der Waals surface area contributed by atoms with E-state index in [9.17, 15) is 0 Å². The number of aliphatic imine (C=N–C) groups is 1. The average molecular weight is 397 g/mol. The van der Waals surface area contributed by atoms with Gasteiger partial charge in [-0.1, -0.05) is 30.3 Å². The SMILES string of the molecule is CCNC(=NCC(C)N(C)Cc1ccccc1)N1CCC(Cc2cnn(C)c2)C1. The first-order chi connectivity index (χ1) is 14.0. The second kappa shape index (κ2) is 10.4. The zero-order valence-corrected chi connectivity index (χ0v) is 18.4. The maximum Gasteiger partial charge on any atom is 0.193 e. The molecule has 1 aromatic carbocycles. The highest BCUT2D eigenvalue weighted by molar-refractivity contribution is 5.80.